The van der Waals surface area contributed by atoms with Crippen molar-refractivity contribution in [1.29, 1.82) is 0 Å². The van der Waals surface area contributed by atoms with E-state index in [1.54, 1.807) is 7.11 Å². The number of hydrogen-bond donors (Lipinski definition) is 2. The summed E-state index contributed by atoms with van der Waals surface area (Å²) in [6.45, 7) is 4.53. The molecular formula is C19H20N2O2. The van der Waals surface area contributed by atoms with Gasteiger partial charge in [-0.25, -0.2) is 0 Å². The van der Waals surface area contributed by atoms with Crippen molar-refractivity contribution in [3.63, 3.8) is 0 Å². The Labute approximate surface area is 135 Å². The number of carbonyl (C=O) groups is 1. The van der Waals surface area contributed by atoms with Crippen LogP contribution >= 0.6 is 0 Å². The summed E-state index contributed by atoms with van der Waals surface area (Å²) in [5.41, 5.74) is 4.86. The first-order valence-electron chi connectivity index (χ1n) is 7.58. The van der Waals surface area contributed by atoms with Crippen molar-refractivity contribution in [1.82, 2.24) is 10.3 Å². The SMILES string of the molecule is COc1ccccc1CNC(=O)c1cc2c(C)cc(C)cc2[nH]1. The molecule has 0 saturated carbocycles. The van der Waals surface area contributed by atoms with Gasteiger partial charge in [-0.2, -0.15) is 0 Å². The quantitative estimate of drug-likeness (QED) is 0.771. The van der Waals surface area contributed by atoms with Crippen LogP contribution in [0.1, 0.15) is 27.2 Å². The molecule has 4 heteroatoms. The van der Waals surface area contributed by atoms with Gasteiger partial charge in [-0.05, 0) is 43.2 Å². The third-order valence-electron chi connectivity index (χ3n) is 3.97. The van der Waals surface area contributed by atoms with Crippen LogP contribution in [0, 0.1) is 13.8 Å². The average molecular weight is 308 g/mol. The molecule has 3 aromatic rings. The largest absolute Gasteiger partial charge is 0.496 e. The molecule has 2 N–H and O–H groups in total. The molecule has 0 spiro atoms. The van der Waals surface area contributed by atoms with Crippen molar-refractivity contribution < 1.29 is 9.53 Å². The fraction of sp³-hybridized carbons (Fsp3) is 0.211. The highest BCUT2D eigenvalue weighted by Gasteiger charge is 2.11. The topological polar surface area (TPSA) is 54.1 Å². The van der Waals surface area contributed by atoms with E-state index in [2.05, 4.69) is 36.3 Å². The van der Waals surface area contributed by atoms with E-state index >= 15 is 0 Å². The number of H-pyrrole nitrogens is 1. The van der Waals surface area contributed by atoms with Crippen LogP contribution in [-0.4, -0.2) is 18.0 Å². The van der Waals surface area contributed by atoms with Crippen molar-refractivity contribution in [2.45, 2.75) is 20.4 Å². The monoisotopic (exact) mass is 308 g/mol. The van der Waals surface area contributed by atoms with Crippen molar-refractivity contribution >= 4 is 16.8 Å². The molecule has 118 valence electrons. The first-order chi connectivity index (χ1) is 11.1. The van der Waals surface area contributed by atoms with Gasteiger partial charge in [0.25, 0.3) is 5.91 Å². The minimum atomic E-state index is -0.121. The number of amides is 1. The van der Waals surface area contributed by atoms with Gasteiger partial charge < -0.3 is 15.0 Å². The number of carbonyl (C=O) groups excluding carboxylic acids is 1. The van der Waals surface area contributed by atoms with Crippen molar-refractivity contribution in [2.24, 2.45) is 0 Å². The van der Waals surface area contributed by atoms with Crippen LogP contribution in [0.4, 0.5) is 0 Å². The van der Waals surface area contributed by atoms with Crippen molar-refractivity contribution in [3.8, 4) is 5.75 Å². The maximum absolute atomic E-state index is 12.4. The van der Waals surface area contributed by atoms with Crippen molar-refractivity contribution in [2.75, 3.05) is 7.11 Å². The van der Waals surface area contributed by atoms with Crippen LogP contribution in [0.25, 0.3) is 10.9 Å². The predicted octanol–water partition coefficient (Wildman–Crippen LogP) is 3.72. The molecule has 0 aliphatic rings. The first kappa shape index (κ1) is 15.2. The first-order valence-corrected chi connectivity index (χ1v) is 7.58. The summed E-state index contributed by atoms with van der Waals surface area (Å²) >= 11 is 0. The number of methoxy groups -OCH3 is 1. The lowest BCUT2D eigenvalue weighted by molar-refractivity contribution is 0.0946. The van der Waals surface area contributed by atoms with E-state index in [4.69, 9.17) is 4.74 Å². The zero-order valence-corrected chi connectivity index (χ0v) is 13.6. The Bertz CT molecular complexity index is 865. The van der Waals surface area contributed by atoms with Gasteiger partial charge in [0, 0.05) is 23.0 Å². The van der Waals surface area contributed by atoms with Gasteiger partial charge in [-0.1, -0.05) is 24.3 Å². The van der Waals surface area contributed by atoms with Crippen LogP contribution < -0.4 is 10.1 Å². The van der Waals surface area contributed by atoms with E-state index in [-0.39, 0.29) is 5.91 Å². The fourth-order valence-electron chi connectivity index (χ4n) is 2.84. The lowest BCUT2D eigenvalue weighted by Gasteiger charge is -2.08. The zero-order chi connectivity index (χ0) is 16.4. The van der Waals surface area contributed by atoms with Crippen LogP contribution in [0.5, 0.6) is 5.75 Å². The molecule has 0 unspecified atom stereocenters. The highest BCUT2D eigenvalue weighted by atomic mass is 16.5. The average Bonchev–Trinajstić information content (AvgIpc) is 2.97. The van der Waals surface area contributed by atoms with Gasteiger partial charge in [0.05, 0.1) is 7.11 Å². The summed E-state index contributed by atoms with van der Waals surface area (Å²) in [6.07, 6.45) is 0. The molecule has 0 aliphatic heterocycles. The van der Waals surface area contributed by atoms with Gasteiger partial charge in [-0.15, -0.1) is 0 Å². The van der Waals surface area contributed by atoms with E-state index in [0.717, 1.165) is 22.2 Å². The fourth-order valence-corrected chi connectivity index (χ4v) is 2.84. The molecule has 0 aliphatic carbocycles. The van der Waals surface area contributed by atoms with Crippen LogP contribution in [0.2, 0.25) is 0 Å². The Morgan fingerprint density at radius 1 is 1.17 bits per heavy atom. The highest BCUT2D eigenvalue weighted by Crippen LogP contribution is 2.22. The number of aryl methyl sites for hydroxylation is 2. The Morgan fingerprint density at radius 3 is 2.74 bits per heavy atom. The second-order valence-electron chi connectivity index (χ2n) is 5.72. The molecule has 0 bridgehead atoms. The van der Waals surface area contributed by atoms with E-state index in [1.807, 2.05) is 30.3 Å². The number of rotatable bonds is 4. The normalized spacial score (nSPS) is 10.7. The van der Waals surface area contributed by atoms with E-state index in [0.29, 0.717) is 12.2 Å². The predicted molar refractivity (Wildman–Crippen MR) is 91.9 cm³/mol. The Morgan fingerprint density at radius 2 is 1.96 bits per heavy atom. The minimum absolute atomic E-state index is 0.121. The number of para-hydroxylation sites is 1. The van der Waals surface area contributed by atoms with Gasteiger partial charge in [0.2, 0.25) is 0 Å². The number of aromatic amines is 1. The Balaban J connectivity index is 1.80. The summed E-state index contributed by atoms with van der Waals surface area (Å²) < 4.78 is 5.30. The Kier molecular flexibility index (Phi) is 4.06. The highest BCUT2D eigenvalue weighted by molar-refractivity contribution is 5.99. The zero-order valence-electron chi connectivity index (χ0n) is 13.6. The van der Waals surface area contributed by atoms with Crippen LogP contribution in [0.15, 0.2) is 42.5 Å². The summed E-state index contributed by atoms with van der Waals surface area (Å²) in [7, 11) is 1.63. The lowest BCUT2D eigenvalue weighted by atomic mass is 10.1. The number of fused-ring (bicyclic) bond motifs is 1. The Hall–Kier alpha value is -2.75. The van der Waals surface area contributed by atoms with E-state index in [9.17, 15) is 4.79 Å². The molecule has 0 radical (unpaired) electrons. The molecule has 4 nitrogen and oxygen atoms in total. The van der Waals surface area contributed by atoms with Gasteiger partial charge in [0.1, 0.15) is 11.4 Å². The number of benzene rings is 2. The standard InChI is InChI=1S/C19H20N2O2/c1-12-8-13(2)15-10-17(21-16(15)9-12)19(22)20-11-14-6-4-5-7-18(14)23-3/h4-10,21H,11H2,1-3H3,(H,20,22). The second-order valence-corrected chi connectivity index (χ2v) is 5.72. The molecule has 1 heterocycles. The van der Waals surface area contributed by atoms with Gasteiger partial charge in [-0.3, -0.25) is 4.79 Å². The number of nitrogens with one attached hydrogen (secondary N) is 2. The third-order valence-corrected chi connectivity index (χ3v) is 3.97. The van der Waals surface area contributed by atoms with Gasteiger partial charge >= 0.3 is 0 Å². The number of hydrogen-bond acceptors (Lipinski definition) is 2. The molecule has 23 heavy (non-hydrogen) atoms. The molecule has 0 atom stereocenters. The molecular weight excluding hydrogens is 288 g/mol. The van der Waals surface area contributed by atoms with Crippen LogP contribution in [-0.2, 0) is 6.54 Å². The van der Waals surface area contributed by atoms with Crippen LogP contribution in [0.3, 0.4) is 0 Å². The smallest absolute Gasteiger partial charge is 0.267 e. The molecule has 0 saturated heterocycles. The third kappa shape index (κ3) is 3.06. The van der Waals surface area contributed by atoms with Gasteiger partial charge in [0.15, 0.2) is 0 Å². The summed E-state index contributed by atoms with van der Waals surface area (Å²) in [4.78, 5) is 15.6. The minimum Gasteiger partial charge on any atom is -0.496 e. The summed E-state index contributed by atoms with van der Waals surface area (Å²) in [6, 6.07) is 13.7. The summed E-state index contributed by atoms with van der Waals surface area (Å²) in [5.74, 6) is 0.653. The lowest BCUT2D eigenvalue weighted by Crippen LogP contribution is -2.23. The molecule has 1 amide bonds. The van der Waals surface area contributed by atoms with E-state index < -0.39 is 0 Å². The molecule has 0 fully saturated rings. The summed E-state index contributed by atoms with van der Waals surface area (Å²) in [5, 5.41) is 4.02. The number of aromatic nitrogens is 1. The molecule has 3 rings (SSSR count). The maximum atomic E-state index is 12.4. The second kappa shape index (κ2) is 6.16. The maximum Gasteiger partial charge on any atom is 0.267 e. The molecule has 2 aromatic carbocycles. The number of ether oxygens (including phenoxy) is 1. The molecule has 1 aromatic heterocycles. The van der Waals surface area contributed by atoms with E-state index in [1.165, 1.54) is 11.1 Å². The van der Waals surface area contributed by atoms with Crippen molar-refractivity contribution in [3.05, 3.63) is 64.8 Å².